The first-order valence-electron chi connectivity index (χ1n) is 3.56. The molecule has 1 aliphatic heterocycles. The summed E-state index contributed by atoms with van der Waals surface area (Å²) in [6.07, 6.45) is 1.51. The summed E-state index contributed by atoms with van der Waals surface area (Å²) in [7, 11) is 0. The topological polar surface area (TPSA) is 64.0 Å². The number of nitrogens with one attached hydrogen (secondary N) is 1. The average Bonchev–Trinajstić information content (AvgIpc) is 2.29. The Bertz CT molecular complexity index is 367. The first kappa shape index (κ1) is 7.02. The van der Waals surface area contributed by atoms with Gasteiger partial charge in [0.15, 0.2) is 0 Å². The number of fused-ring (bicyclic) bond motifs is 1. The summed E-state index contributed by atoms with van der Waals surface area (Å²) in [5.74, 6) is -0.193. The number of carbonyl (C=O) groups excluding carboxylic acids is 2. The van der Waals surface area contributed by atoms with Gasteiger partial charge in [-0.3, -0.25) is 19.5 Å². The van der Waals surface area contributed by atoms with Gasteiger partial charge in [0, 0.05) is 6.20 Å². The van der Waals surface area contributed by atoms with Gasteiger partial charge < -0.3 is 0 Å². The number of carbonyl (C=O) groups is 2. The van der Waals surface area contributed by atoms with E-state index in [4.69, 9.17) is 0 Å². The molecule has 0 saturated heterocycles. The lowest BCUT2D eigenvalue weighted by Crippen LogP contribution is -2.28. The Labute approximate surface area is 68.4 Å². The number of hydrogen-bond donors (Lipinski definition) is 1. The fraction of sp³-hybridized carbons (Fsp3) is 0.286. The highest BCUT2D eigenvalue weighted by Crippen LogP contribution is 2.13. The number of amides is 1. The zero-order chi connectivity index (χ0) is 8.72. The molecule has 0 aromatic carbocycles. The van der Waals surface area contributed by atoms with Crippen molar-refractivity contribution in [2.75, 3.05) is 5.32 Å². The van der Waals surface area contributed by atoms with Crippen LogP contribution in [-0.4, -0.2) is 21.4 Å². The molecule has 0 unspecified atom stereocenters. The van der Waals surface area contributed by atoms with Gasteiger partial charge >= 0.3 is 0 Å². The minimum atomic E-state index is -0.293. The van der Waals surface area contributed by atoms with Crippen molar-refractivity contribution in [2.45, 2.75) is 13.3 Å². The van der Waals surface area contributed by atoms with Crippen LogP contribution in [0.1, 0.15) is 16.9 Å². The molecule has 0 bridgehead atoms. The van der Waals surface area contributed by atoms with Crippen molar-refractivity contribution in [3.63, 3.8) is 0 Å². The monoisotopic (exact) mass is 165 g/mol. The fourth-order valence-corrected chi connectivity index (χ4v) is 1.17. The first-order valence-corrected chi connectivity index (χ1v) is 3.56. The maximum absolute atomic E-state index is 11.2. The van der Waals surface area contributed by atoms with E-state index in [2.05, 4.69) is 10.3 Å². The molecule has 1 N–H and O–H groups in total. The van der Waals surface area contributed by atoms with Crippen molar-refractivity contribution in [3.8, 4) is 0 Å². The summed E-state index contributed by atoms with van der Waals surface area (Å²) in [5, 5.41) is 2.50. The zero-order valence-electron chi connectivity index (χ0n) is 6.50. The summed E-state index contributed by atoms with van der Waals surface area (Å²) in [5.41, 5.74) is 0.723. The van der Waals surface area contributed by atoms with Crippen molar-refractivity contribution < 1.29 is 9.59 Å². The quantitative estimate of drug-likeness (QED) is 0.557. The molecule has 1 aromatic heterocycles. The molecule has 2 rings (SSSR count). The minimum Gasteiger partial charge on any atom is -0.295 e. The molecule has 0 saturated carbocycles. The Hall–Kier alpha value is -1.65. The summed E-state index contributed by atoms with van der Waals surface area (Å²) in [4.78, 5) is 26.0. The van der Waals surface area contributed by atoms with Crippen LogP contribution in [0.15, 0.2) is 6.20 Å². The predicted octanol–water partition coefficient (Wildman–Crippen LogP) is 0.174. The van der Waals surface area contributed by atoms with Crippen molar-refractivity contribution in [1.29, 1.82) is 0 Å². The molecule has 0 aliphatic carbocycles. The van der Waals surface area contributed by atoms with Crippen LogP contribution >= 0.6 is 0 Å². The second kappa shape index (κ2) is 2.17. The van der Waals surface area contributed by atoms with Gasteiger partial charge in [-0.1, -0.05) is 0 Å². The van der Waals surface area contributed by atoms with Crippen LogP contribution in [-0.2, 0) is 4.79 Å². The van der Waals surface area contributed by atoms with Crippen LogP contribution in [0.2, 0.25) is 0 Å². The number of aromatic nitrogens is 2. The number of imidazole rings is 1. The Morgan fingerprint density at radius 2 is 2.33 bits per heavy atom. The van der Waals surface area contributed by atoms with Crippen LogP contribution in [0.25, 0.3) is 0 Å². The van der Waals surface area contributed by atoms with E-state index in [1.807, 2.05) is 0 Å². The smallest absolute Gasteiger partial charge is 0.242 e. The van der Waals surface area contributed by atoms with Crippen molar-refractivity contribution in [3.05, 3.63) is 11.9 Å². The van der Waals surface area contributed by atoms with Gasteiger partial charge in [-0.25, -0.2) is 4.98 Å². The molecule has 62 valence electrons. The van der Waals surface area contributed by atoms with Crippen LogP contribution in [0.3, 0.4) is 0 Å². The number of anilines is 1. The molecule has 0 spiro atoms. The third-order valence-electron chi connectivity index (χ3n) is 1.66. The van der Waals surface area contributed by atoms with Gasteiger partial charge in [-0.05, 0) is 6.92 Å². The Morgan fingerprint density at radius 1 is 1.58 bits per heavy atom. The molecule has 1 aliphatic rings. The highest BCUT2D eigenvalue weighted by Gasteiger charge is 2.22. The van der Waals surface area contributed by atoms with E-state index >= 15 is 0 Å². The summed E-state index contributed by atoms with van der Waals surface area (Å²) in [6.45, 7) is 1.77. The SMILES string of the molecule is Cc1cn2c(n1)NC(=O)CC2=O. The van der Waals surface area contributed by atoms with Crippen LogP contribution in [0.5, 0.6) is 0 Å². The first-order chi connectivity index (χ1) is 5.66. The number of nitrogens with zero attached hydrogens (tertiary/aromatic N) is 2. The Balaban J connectivity index is 2.53. The van der Waals surface area contributed by atoms with Crippen LogP contribution < -0.4 is 5.32 Å². The number of aryl methyl sites for hydroxylation is 1. The number of rotatable bonds is 0. The molecule has 12 heavy (non-hydrogen) atoms. The lowest BCUT2D eigenvalue weighted by atomic mass is 10.3. The van der Waals surface area contributed by atoms with Gasteiger partial charge in [0.1, 0.15) is 6.42 Å². The maximum atomic E-state index is 11.2. The third kappa shape index (κ3) is 0.903. The van der Waals surface area contributed by atoms with Gasteiger partial charge in [0.25, 0.3) is 0 Å². The van der Waals surface area contributed by atoms with Gasteiger partial charge in [0.2, 0.25) is 17.8 Å². The van der Waals surface area contributed by atoms with Crippen LogP contribution in [0.4, 0.5) is 5.95 Å². The zero-order valence-corrected chi connectivity index (χ0v) is 6.50. The Morgan fingerprint density at radius 3 is 3.08 bits per heavy atom. The van der Waals surface area contributed by atoms with E-state index in [0.29, 0.717) is 5.95 Å². The largest absolute Gasteiger partial charge is 0.295 e. The van der Waals surface area contributed by atoms with Crippen molar-refractivity contribution in [2.24, 2.45) is 0 Å². The van der Waals surface area contributed by atoms with E-state index in [0.717, 1.165) is 5.69 Å². The molecule has 0 radical (unpaired) electrons. The van der Waals surface area contributed by atoms with Crippen molar-refractivity contribution in [1.82, 2.24) is 9.55 Å². The number of hydrogen-bond acceptors (Lipinski definition) is 3. The normalized spacial score (nSPS) is 15.8. The van der Waals surface area contributed by atoms with Gasteiger partial charge in [-0.2, -0.15) is 0 Å². The van der Waals surface area contributed by atoms with Gasteiger partial charge in [0.05, 0.1) is 5.69 Å². The lowest BCUT2D eigenvalue weighted by Gasteiger charge is -2.11. The molecule has 2 heterocycles. The molecular weight excluding hydrogens is 158 g/mol. The van der Waals surface area contributed by atoms with Crippen LogP contribution in [0, 0.1) is 6.92 Å². The molecule has 0 atom stereocenters. The van der Waals surface area contributed by atoms with E-state index in [9.17, 15) is 9.59 Å². The standard InChI is InChI=1S/C7H7N3O2/c1-4-3-10-6(12)2-5(11)9-7(10)8-4/h3H,2H2,1H3,(H,8,9,11). The van der Waals surface area contributed by atoms with E-state index in [1.165, 1.54) is 4.57 Å². The lowest BCUT2D eigenvalue weighted by molar-refractivity contribution is -0.115. The highest BCUT2D eigenvalue weighted by molar-refractivity contribution is 6.08. The second-order valence-corrected chi connectivity index (χ2v) is 2.69. The van der Waals surface area contributed by atoms with E-state index < -0.39 is 0 Å². The highest BCUT2D eigenvalue weighted by atomic mass is 16.2. The second-order valence-electron chi connectivity index (χ2n) is 2.69. The summed E-state index contributed by atoms with van der Waals surface area (Å²) in [6, 6.07) is 0. The van der Waals surface area contributed by atoms with E-state index in [1.54, 1.807) is 13.1 Å². The molecule has 0 fully saturated rings. The van der Waals surface area contributed by atoms with Crippen molar-refractivity contribution >= 4 is 17.8 Å². The predicted molar refractivity (Wildman–Crippen MR) is 40.8 cm³/mol. The molecular formula is C7H7N3O2. The summed E-state index contributed by atoms with van der Waals surface area (Å²) >= 11 is 0. The maximum Gasteiger partial charge on any atom is 0.242 e. The summed E-state index contributed by atoms with van der Waals surface area (Å²) < 4.78 is 1.36. The molecule has 5 nitrogen and oxygen atoms in total. The average molecular weight is 165 g/mol. The fourth-order valence-electron chi connectivity index (χ4n) is 1.17. The molecule has 1 amide bonds. The molecule has 5 heteroatoms. The third-order valence-corrected chi connectivity index (χ3v) is 1.66. The van der Waals surface area contributed by atoms with Gasteiger partial charge in [-0.15, -0.1) is 0 Å². The molecule has 1 aromatic rings. The minimum absolute atomic E-state index is 0.0944. The van der Waals surface area contributed by atoms with E-state index in [-0.39, 0.29) is 18.2 Å². The Kier molecular flexibility index (Phi) is 1.27.